The number of amides is 1. The highest BCUT2D eigenvalue weighted by Crippen LogP contribution is 2.57. The number of aromatic nitrogens is 2. The molecule has 0 saturated heterocycles. The molecule has 4 aliphatic rings. The summed E-state index contributed by atoms with van der Waals surface area (Å²) in [5.74, 6) is 1.54. The van der Waals surface area contributed by atoms with Crippen molar-refractivity contribution in [3.05, 3.63) is 24.0 Å². The van der Waals surface area contributed by atoms with Gasteiger partial charge in [0, 0.05) is 30.9 Å². The second-order valence-electron chi connectivity index (χ2n) is 8.18. The predicted molar refractivity (Wildman–Crippen MR) is 95.3 cm³/mol. The second kappa shape index (κ2) is 5.21. The molecule has 25 heavy (non-hydrogen) atoms. The first-order valence-corrected chi connectivity index (χ1v) is 9.16. The molecule has 4 bridgehead atoms. The number of nitrogens with zero attached hydrogens (tertiary/aromatic N) is 1. The number of nitrogens with one attached hydrogen (secondary N) is 2. The van der Waals surface area contributed by atoms with Gasteiger partial charge >= 0.3 is 0 Å². The molecule has 6 nitrogen and oxygen atoms in total. The SMILES string of the molecule is CO[C@]12CC3C[C@H](C1)[C@@H](Nc1c(C(N)=O)cnc4[nH]ccc14)[C@@H](C3)C2. The summed E-state index contributed by atoms with van der Waals surface area (Å²) in [4.78, 5) is 19.4. The number of nitrogens with two attached hydrogens (primary N) is 1. The van der Waals surface area contributed by atoms with Crippen molar-refractivity contribution in [2.45, 2.75) is 43.7 Å². The summed E-state index contributed by atoms with van der Waals surface area (Å²) in [6.07, 6.45) is 9.38. The number of primary amides is 1. The number of carbonyl (C=O) groups excluding carboxylic acids is 1. The van der Waals surface area contributed by atoms with Crippen LogP contribution in [0.15, 0.2) is 18.5 Å². The van der Waals surface area contributed by atoms with Crippen LogP contribution in [0.5, 0.6) is 0 Å². The van der Waals surface area contributed by atoms with Crippen LogP contribution in [-0.4, -0.2) is 34.6 Å². The Morgan fingerprint density at radius 2 is 2.12 bits per heavy atom. The van der Waals surface area contributed by atoms with Crippen molar-refractivity contribution in [1.82, 2.24) is 9.97 Å². The van der Waals surface area contributed by atoms with Gasteiger partial charge in [0.15, 0.2) is 0 Å². The molecule has 4 aliphatic carbocycles. The Kier molecular flexibility index (Phi) is 3.17. The Balaban J connectivity index is 1.52. The lowest BCUT2D eigenvalue weighted by Gasteiger charge is -2.59. The molecular weight excluding hydrogens is 316 g/mol. The van der Waals surface area contributed by atoms with E-state index < -0.39 is 5.91 Å². The van der Waals surface area contributed by atoms with Gasteiger partial charge in [-0.15, -0.1) is 0 Å². The number of rotatable bonds is 4. The van der Waals surface area contributed by atoms with Gasteiger partial charge in [-0.3, -0.25) is 4.79 Å². The summed E-state index contributed by atoms with van der Waals surface area (Å²) in [5.41, 5.74) is 7.80. The topological polar surface area (TPSA) is 93.0 Å². The Bertz CT molecular complexity index is 829. The molecule has 1 unspecified atom stereocenters. The molecule has 132 valence electrons. The van der Waals surface area contributed by atoms with Crippen molar-refractivity contribution >= 4 is 22.6 Å². The van der Waals surface area contributed by atoms with E-state index in [0.29, 0.717) is 23.4 Å². The fourth-order valence-electron chi connectivity index (χ4n) is 5.95. The number of anilines is 1. The fourth-order valence-corrected chi connectivity index (χ4v) is 5.95. The third kappa shape index (κ3) is 2.20. The van der Waals surface area contributed by atoms with Crippen molar-refractivity contribution in [3.63, 3.8) is 0 Å². The number of aromatic amines is 1. The van der Waals surface area contributed by atoms with E-state index in [2.05, 4.69) is 15.3 Å². The van der Waals surface area contributed by atoms with Gasteiger partial charge in [0.25, 0.3) is 5.91 Å². The molecule has 6 heteroatoms. The Hall–Kier alpha value is -2.08. The Morgan fingerprint density at radius 3 is 2.80 bits per heavy atom. The minimum absolute atomic E-state index is 0.0862. The molecule has 5 atom stereocenters. The fraction of sp³-hybridized carbons (Fsp3) is 0.579. The number of pyridine rings is 1. The largest absolute Gasteiger partial charge is 0.380 e. The van der Waals surface area contributed by atoms with Crippen molar-refractivity contribution in [2.24, 2.45) is 23.5 Å². The van der Waals surface area contributed by atoms with Gasteiger partial charge < -0.3 is 20.8 Å². The lowest BCUT2D eigenvalue weighted by Crippen LogP contribution is -2.59. The van der Waals surface area contributed by atoms with E-state index in [0.717, 1.165) is 35.5 Å². The molecular formula is C19H24N4O2. The minimum Gasteiger partial charge on any atom is -0.380 e. The molecule has 0 aliphatic heterocycles. The molecule has 4 N–H and O–H groups in total. The highest BCUT2D eigenvalue weighted by molar-refractivity contribution is 6.06. The predicted octanol–water partition coefficient (Wildman–Crippen LogP) is 2.67. The molecule has 4 fully saturated rings. The summed E-state index contributed by atoms with van der Waals surface area (Å²) in [6, 6.07) is 2.34. The van der Waals surface area contributed by atoms with E-state index in [1.54, 1.807) is 6.20 Å². The smallest absolute Gasteiger partial charge is 0.252 e. The quantitative estimate of drug-likeness (QED) is 0.798. The third-order valence-corrected chi connectivity index (χ3v) is 6.81. The van der Waals surface area contributed by atoms with E-state index in [9.17, 15) is 4.79 Å². The van der Waals surface area contributed by atoms with E-state index >= 15 is 0 Å². The first kappa shape index (κ1) is 15.2. The molecule has 0 aromatic carbocycles. The Morgan fingerprint density at radius 1 is 1.36 bits per heavy atom. The second-order valence-corrected chi connectivity index (χ2v) is 8.18. The van der Waals surface area contributed by atoms with Gasteiger partial charge in [0.05, 0.1) is 16.9 Å². The van der Waals surface area contributed by atoms with Crippen molar-refractivity contribution < 1.29 is 9.53 Å². The summed E-state index contributed by atoms with van der Waals surface area (Å²) >= 11 is 0. The molecule has 0 radical (unpaired) electrons. The maximum Gasteiger partial charge on any atom is 0.252 e. The number of methoxy groups -OCH3 is 1. The zero-order valence-corrected chi connectivity index (χ0v) is 14.4. The lowest BCUT2D eigenvalue weighted by molar-refractivity contribution is -0.149. The molecule has 2 aromatic rings. The van der Waals surface area contributed by atoms with E-state index in [1.807, 2.05) is 19.4 Å². The van der Waals surface area contributed by atoms with Gasteiger partial charge in [0.2, 0.25) is 0 Å². The monoisotopic (exact) mass is 340 g/mol. The molecule has 2 aromatic heterocycles. The summed E-state index contributed by atoms with van der Waals surface area (Å²) in [6.45, 7) is 0. The highest BCUT2D eigenvalue weighted by atomic mass is 16.5. The molecule has 6 rings (SSSR count). The average molecular weight is 340 g/mol. The number of fused-ring (bicyclic) bond motifs is 1. The van der Waals surface area contributed by atoms with Crippen LogP contribution >= 0.6 is 0 Å². The number of hydrogen-bond acceptors (Lipinski definition) is 4. The average Bonchev–Trinajstić information content (AvgIpc) is 3.06. The van der Waals surface area contributed by atoms with Gasteiger partial charge in [-0.25, -0.2) is 4.98 Å². The van der Waals surface area contributed by atoms with Crippen LogP contribution in [0.1, 0.15) is 42.5 Å². The minimum atomic E-state index is -0.435. The maximum atomic E-state index is 11.9. The zero-order chi connectivity index (χ0) is 17.2. The molecule has 1 amide bonds. The third-order valence-electron chi connectivity index (χ3n) is 6.81. The zero-order valence-electron chi connectivity index (χ0n) is 14.4. The number of carbonyl (C=O) groups is 1. The maximum absolute atomic E-state index is 11.9. The lowest BCUT2D eigenvalue weighted by atomic mass is 9.52. The van der Waals surface area contributed by atoms with Crippen LogP contribution in [0.25, 0.3) is 11.0 Å². The van der Waals surface area contributed by atoms with Crippen LogP contribution in [0.3, 0.4) is 0 Å². The van der Waals surface area contributed by atoms with Crippen molar-refractivity contribution in [2.75, 3.05) is 12.4 Å². The van der Waals surface area contributed by atoms with Crippen molar-refractivity contribution in [3.8, 4) is 0 Å². The molecule has 4 saturated carbocycles. The molecule has 0 spiro atoms. The normalized spacial score (nSPS) is 36.0. The Labute approximate surface area is 146 Å². The van der Waals surface area contributed by atoms with Gasteiger partial charge in [-0.2, -0.15) is 0 Å². The number of hydrogen-bond donors (Lipinski definition) is 3. The van der Waals surface area contributed by atoms with E-state index in [1.165, 1.54) is 19.3 Å². The standard InChI is InChI=1S/C19H24N4O2/c1-25-19-6-10-4-11(7-19)15(12(5-10)8-19)23-16-13-2-3-21-18(13)22-9-14(16)17(20)24/h2-3,9-12,15H,4-8H2,1H3,(H2,20,24)(H2,21,22,23)/t10?,11-,12+,15-,19-. The summed E-state index contributed by atoms with van der Waals surface area (Å²) in [7, 11) is 1.87. The van der Waals surface area contributed by atoms with Gasteiger partial charge in [-0.05, 0) is 55.9 Å². The van der Waals surface area contributed by atoms with Crippen LogP contribution in [-0.2, 0) is 4.74 Å². The first-order valence-electron chi connectivity index (χ1n) is 9.16. The highest BCUT2D eigenvalue weighted by Gasteiger charge is 2.55. The first-order chi connectivity index (χ1) is 12.1. The summed E-state index contributed by atoms with van der Waals surface area (Å²) in [5, 5.41) is 4.66. The van der Waals surface area contributed by atoms with Crippen LogP contribution < -0.4 is 11.1 Å². The van der Waals surface area contributed by atoms with Crippen molar-refractivity contribution in [1.29, 1.82) is 0 Å². The van der Waals surface area contributed by atoms with Crippen LogP contribution in [0.4, 0.5) is 5.69 Å². The van der Waals surface area contributed by atoms with E-state index in [4.69, 9.17) is 10.5 Å². The number of H-pyrrole nitrogens is 1. The molecule has 2 heterocycles. The van der Waals surface area contributed by atoms with Crippen LogP contribution in [0.2, 0.25) is 0 Å². The summed E-state index contributed by atoms with van der Waals surface area (Å²) < 4.78 is 5.95. The number of ether oxygens (including phenoxy) is 1. The van der Waals surface area contributed by atoms with Gasteiger partial charge in [0.1, 0.15) is 5.65 Å². The van der Waals surface area contributed by atoms with Crippen LogP contribution in [0, 0.1) is 17.8 Å². The van der Waals surface area contributed by atoms with E-state index in [-0.39, 0.29) is 5.60 Å². The van der Waals surface area contributed by atoms with Gasteiger partial charge in [-0.1, -0.05) is 0 Å².